The molecule has 0 unspecified atom stereocenters. The van der Waals surface area contributed by atoms with Crippen molar-refractivity contribution in [2.45, 2.75) is 6.18 Å². The molecule has 15 heavy (non-hydrogen) atoms. The fourth-order valence-corrected chi connectivity index (χ4v) is 1.45. The average molecular weight is 255 g/mol. The smallest absolute Gasteiger partial charge is 0.166 e. The quantitative estimate of drug-likeness (QED) is 0.677. The molecule has 1 aromatic carbocycles. The van der Waals surface area contributed by atoms with Gasteiger partial charge < -0.3 is 0 Å². The molecule has 0 N–H and O–H groups in total. The molecule has 1 aromatic rings. The minimum absolute atomic E-state index is 0.229. The third-order valence-corrected chi connectivity index (χ3v) is 2.32. The van der Waals surface area contributed by atoms with E-state index in [9.17, 15) is 13.2 Å². The molecule has 0 saturated carbocycles. The highest BCUT2D eigenvalue weighted by Gasteiger charge is 2.33. The fraction of sp³-hybridized carbons (Fsp3) is 0.200. The van der Waals surface area contributed by atoms with E-state index in [1.165, 1.54) is 24.3 Å². The summed E-state index contributed by atoms with van der Waals surface area (Å²) < 4.78 is 37.2. The number of benzene rings is 1. The summed E-state index contributed by atoms with van der Waals surface area (Å²) in [5.74, 6) is 0.229. The Morgan fingerprint density at radius 2 is 1.93 bits per heavy atom. The summed E-state index contributed by atoms with van der Waals surface area (Å²) in [7, 11) is 0. The molecule has 1 rings (SSSR count). The van der Waals surface area contributed by atoms with Crippen molar-refractivity contribution in [3.8, 4) is 0 Å². The second-order valence-electron chi connectivity index (χ2n) is 2.76. The number of alkyl halides is 4. The van der Waals surface area contributed by atoms with E-state index in [1.807, 2.05) is 0 Å². The normalized spacial score (nSPS) is 12.3. The topological polar surface area (TPSA) is 0 Å². The number of hydrogen-bond donors (Lipinski definition) is 0. The summed E-state index contributed by atoms with van der Waals surface area (Å²) in [6, 6.07) is 3.75. The largest absolute Gasteiger partial charge is 0.417 e. The van der Waals surface area contributed by atoms with E-state index in [2.05, 4.69) is 0 Å². The van der Waals surface area contributed by atoms with Crippen molar-refractivity contribution in [1.82, 2.24) is 0 Å². The molecule has 0 aliphatic carbocycles. The molecule has 0 aromatic heterocycles. The molecule has 0 aliphatic heterocycles. The van der Waals surface area contributed by atoms with Crippen LogP contribution in [0.3, 0.4) is 0 Å². The zero-order chi connectivity index (χ0) is 11.5. The first kappa shape index (κ1) is 12.4. The van der Waals surface area contributed by atoms with E-state index in [1.54, 1.807) is 0 Å². The minimum Gasteiger partial charge on any atom is -0.166 e. The Kier molecular flexibility index (Phi) is 4.05. The Morgan fingerprint density at radius 3 is 2.47 bits per heavy atom. The van der Waals surface area contributed by atoms with Crippen LogP contribution in [0.5, 0.6) is 0 Å². The van der Waals surface area contributed by atoms with Crippen molar-refractivity contribution in [1.29, 1.82) is 0 Å². The van der Waals surface area contributed by atoms with Crippen LogP contribution in [0, 0.1) is 0 Å². The molecule has 0 heterocycles. The van der Waals surface area contributed by atoms with Crippen LogP contribution in [0.25, 0.3) is 6.08 Å². The van der Waals surface area contributed by atoms with Crippen LogP contribution < -0.4 is 0 Å². The summed E-state index contributed by atoms with van der Waals surface area (Å²) in [4.78, 5) is 0. The van der Waals surface area contributed by atoms with Gasteiger partial charge in [0.1, 0.15) is 0 Å². The van der Waals surface area contributed by atoms with Gasteiger partial charge >= 0.3 is 6.18 Å². The summed E-state index contributed by atoms with van der Waals surface area (Å²) in [5, 5.41) is -0.300. The van der Waals surface area contributed by atoms with Crippen LogP contribution in [0.15, 0.2) is 24.3 Å². The molecule has 0 saturated heterocycles. The van der Waals surface area contributed by atoms with Crippen LogP contribution in [-0.4, -0.2) is 5.88 Å². The van der Waals surface area contributed by atoms with E-state index in [0.29, 0.717) is 5.56 Å². The zero-order valence-electron chi connectivity index (χ0n) is 7.48. The predicted octanol–water partition coefficient (Wildman–Crippen LogP) is 4.61. The molecule has 0 amide bonds. The Morgan fingerprint density at radius 1 is 1.27 bits per heavy atom. The van der Waals surface area contributed by atoms with Crippen molar-refractivity contribution in [2.75, 3.05) is 5.88 Å². The van der Waals surface area contributed by atoms with Crippen molar-refractivity contribution in [3.05, 3.63) is 40.4 Å². The Bertz CT molecular complexity index is 369. The van der Waals surface area contributed by atoms with Crippen LogP contribution in [0.1, 0.15) is 11.1 Å². The van der Waals surface area contributed by atoms with Crippen molar-refractivity contribution in [2.24, 2.45) is 0 Å². The van der Waals surface area contributed by atoms with Gasteiger partial charge in [0.05, 0.1) is 10.6 Å². The lowest BCUT2D eigenvalue weighted by Crippen LogP contribution is -2.06. The Labute approximate surface area is 95.3 Å². The molecule has 0 bridgehead atoms. The van der Waals surface area contributed by atoms with Gasteiger partial charge in [0, 0.05) is 5.88 Å². The summed E-state index contributed by atoms with van der Waals surface area (Å²) in [6.45, 7) is 0. The maximum Gasteiger partial charge on any atom is 0.417 e. The SMILES string of the molecule is FC(F)(F)c1cccc(C=CCCl)c1Cl. The van der Waals surface area contributed by atoms with Crippen molar-refractivity contribution in [3.63, 3.8) is 0 Å². The number of halogens is 5. The number of rotatable bonds is 2. The molecule has 82 valence electrons. The van der Waals surface area contributed by atoms with Gasteiger partial charge in [0.15, 0.2) is 0 Å². The lowest BCUT2D eigenvalue weighted by atomic mass is 10.1. The van der Waals surface area contributed by atoms with Gasteiger partial charge in [-0.2, -0.15) is 13.2 Å². The number of allylic oxidation sites excluding steroid dienone is 1. The maximum absolute atomic E-state index is 12.4. The fourth-order valence-electron chi connectivity index (χ4n) is 1.07. The van der Waals surface area contributed by atoms with Gasteiger partial charge in [0.2, 0.25) is 0 Å². The highest BCUT2D eigenvalue weighted by molar-refractivity contribution is 6.33. The lowest BCUT2D eigenvalue weighted by Gasteiger charge is -2.10. The highest BCUT2D eigenvalue weighted by Crippen LogP contribution is 2.36. The highest BCUT2D eigenvalue weighted by atomic mass is 35.5. The van der Waals surface area contributed by atoms with Crippen LogP contribution in [0.2, 0.25) is 5.02 Å². The van der Waals surface area contributed by atoms with E-state index < -0.39 is 11.7 Å². The summed E-state index contributed by atoms with van der Waals surface area (Å²) in [6.07, 6.45) is -1.44. The average Bonchev–Trinajstić information content (AvgIpc) is 2.14. The van der Waals surface area contributed by atoms with E-state index in [-0.39, 0.29) is 10.9 Å². The number of hydrogen-bond acceptors (Lipinski definition) is 0. The first-order chi connectivity index (χ1) is 6.96. The molecule has 0 spiro atoms. The lowest BCUT2D eigenvalue weighted by molar-refractivity contribution is -0.137. The van der Waals surface area contributed by atoms with Crippen molar-refractivity contribution >= 4 is 29.3 Å². The third kappa shape index (κ3) is 3.14. The van der Waals surface area contributed by atoms with Gasteiger partial charge in [-0.25, -0.2) is 0 Å². The standard InChI is InChI=1S/C10H7Cl2F3/c11-6-2-4-7-3-1-5-8(9(7)12)10(13,14)15/h1-5H,6H2. The minimum atomic E-state index is -4.43. The van der Waals surface area contributed by atoms with Gasteiger partial charge in [-0.15, -0.1) is 11.6 Å². The molecule has 0 radical (unpaired) electrons. The van der Waals surface area contributed by atoms with Gasteiger partial charge in [-0.3, -0.25) is 0 Å². The van der Waals surface area contributed by atoms with E-state index in [4.69, 9.17) is 23.2 Å². The van der Waals surface area contributed by atoms with Gasteiger partial charge in [-0.1, -0.05) is 35.9 Å². The second-order valence-corrected chi connectivity index (χ2v) is 3.45. The second kappa shape index (κ2) is 4.90. The summed E-state index contributed by atoms with van der Waals surface area (Å²) >= 11 is 11.0. The molecule has 0 atom stereocenters. The van der Waals surface area contributed by atoms with E-state index >= 15 is 0 Å². The van der Waals surface area contributed by atoms with E-state index in [0.717, 1.165) is 6.07 Å². The van der Waals surface area contributed by atoms with Crippen molar-refractivity contribution < 1.29 is 13.2 Å². The van der Waals surface area contributed by atoms with Crippen LogP contribution >= 0.6 is 23.2 Å². The van der Waals surface area contributed by atoms with Gasteiger partial charge in [0.25, 0.3) is 0 Å². The predicted molar refractivity (Wildman–Crippen MR) is 56.2 cm³/mol. The molecular weight excluding hydrogens is 248 g/mol. The third-order valence-electron chi connectivity index (χ3n) is 1.72. The molecule has 0 nitrogen and oxygen atoms in total. The molecular formula is C10H7Cl2F3. The first-order valence-electron chi connectivity index (χ1n) is 4.05. The summed E-state index contributed by atoms with van der Waals surface area (Å²) in [5.41, 5.74) is -0.520. The van der Waals surface area contributed by atoms with Gasteiger partial charge in [-0.05, 0) is 11.6 Å². The molecule has 0 aliphatic rings. The molecule has 5 heteroatoms. The maximum atomic E-state index is 12.4. The Balaban J connectivity index is 3.17. The Hall–Kier alpha value is -0.670. The van der Waals surface area contributed by atoms with Crippen LogP contribution in [-0.2, 0) is 6.18 Å². The molecule has 0 fully saturated rings. The zero-order valence-corrected chi connectivity index (χ0v) is 9.00. The van der Waals surface area contributed by atoms with Crippen LogP contribution in [0.4, 0.5) is 13.2 Å². The monoisotopic (exact) mass is 254 g/mol. The first-order valence-corrected chi connectivity index (χ1v) is 4.96.